The van der Waals surface area contributed by atoms with E-state index in [4.69, 9.17) is 14.2 Å². The quantitative estimate of drug-likeness (QED) is 0.705. The molecular weight excluding hydrogens is 428 g/mol. The predicted octanol–water partition coefficient (Wildman–Crippen LogP) is 1.97. The molecule has 1 aromatic heterocycles. The first-order chi connectivity index (χ1) is 16.0. The van der Waals surface area contributed by atoms with Crippen LogP contribution in [0.2, 0.25) is 0 Å². The molecule has 2 amide bonds. The Bertz CT molecular complexity index is 1090. The summed E-state index contributed by atoms with van der Waals surface area (Å²) in [6, 6.07) is 3.40. The van der Waals surface area contributed by atoms with Gasteiger partial charge < -0.3 is 29.7 Å². The summed E-state index contributed by atoms with van der Waals surface area (Å²) >= 11 is 0. The molecule has 3 heterocycles. The lowest BCUT2D eigenvalue weighted by molar-refractivity contribution is -0.130. The minimum absolute atomic E-state index is 0.00832. The zero-order valence-electron chi connectivity index (χ0n) is 18.8. The van der Waals surface area contributed by atoms with Crippen LogP contribution in [0, 0.1) is 0 Å². The van der Waals surface area contributed by atoms with E-state index in [1.165, 1.54) is 20.5 Å². The van der Waals surface area contributed by atoms with Gasteiger partial charge in [0.25, 0.3) is 0 Å². The van der Waals surface area contributed by atoms with Gasteiger partial charge in [0.15, 0.2) is 11.5 Å². The Morgan fingerprint density at radius 2 is 1.97 bits per heavy atom. The minimum Gasteiger partial charge on any atom is -0.493 e. The number of fused-ring (bicyclic) bond motifs is 2. The third-order valence-corrected chi connectivity index (χ3v) is 5.48. The van der Waals surface area contributed by atoms with E-state index in [0.717, 1.165) is 0 Å². The van der Waals surface area contributed by atoms with Gasteiger partial charge in [-0.1, -0.05) is 0 Å². The van der Waals surface area contributed by atoms with Gasteiger partial charge in [0, 0.05) is 44.9 Å². The molecule has 2 aliphatic rings. The molecule has 2 aromatic rings. The molecule has 1 unspecified atom stereocenters. The van der Waals surface area contributed by atoms with Crippen LogP contribution >= 0.6 is 0 Å². The summed E-state index contributed by atoms with van der Waals surface area (Å²) < 4.78 is 16.8. The number of methoxy groups -OCH3 is 2. The fourth-order valence-electron chi connectivity index (χ4n) is 3.72. The van der Waals surface area contributed by atoms with Crippen molar-refractivity contribution in [1.82, 2.24) is 14.9 Å². The summed E-state index contributed by atoms with van der Waals surface area (Å²) in [7, 11) is 4.80. The van der Waals surface area contributed by atoms with Crippen LogP contribution in [0.15, 0.2) is 23.5 Å². The van der Waals surface area contributed by atoms with Crippen LogP contribution in [0.25, 0.3) is 0 Å². The lowest BCUT2D eigenvalue weighted by Crippen LogP contribution is -2.31. The minimum atomic E-state index is -0.684. The Kier molecular flexibility index (Phi) is 6.57. The average Bonchev–Trinajstić information content (AvgIpc) is 3.14. The predicted molar refractivity (Wildman–Crippen MR) is 122 cm³/mol. The van der Waals surface area contributed by atoms with Crippen LogP contribution in [-0.2, 0) is 9.59 Å². The Morgan fingerprint density at radius 1 is 1.15 bits per heavy atom. The first kappa shape index (κ1) is 22.3. The van der Waals surface area contributed by atoms with Crippen molar-refractivity contribution >= 4 is 35.4 Å². The number of likely N-dealkylation sites (N-methyl/N-ethyl adjacent to an activating group) is 1. The van der Waals surface area contributed by atoms with Gasteiger partial charge in [0.1, 0.15) is 23.9 Å². The molecule has 2 bridgehead atoms. The van der Waals surface area contributed by atoms with E-state index >= 15 is 0 Å². The van der Waals surface area contributed by atoms with E-state index < -0.39 is 5.92 Å². The number of ether oxygens (including phenoxy) is 3. The van der Waals surface area contributed by atoms with Crippen molar-refractivity contribution in [3.05, 3.63) is 24.0 Å². The van der Waals surface area contributed by atoms with Gasteiger partial charge in [-0.15, -0.1) is 0 Å². The van der Waals surface area contributed by atoms with E-state index in [-0.39, 0.29) is 11.8 Å². The Hall–Kier alpha value is -3.89. The smallest absolute Gasteiger partial charge is 0.238 e. The first-order valence-electron chi connectivity index (χ1n) is 10.6. The number of hydrogen-bond donors (Lipinski definition) is 2. The number of nitrogens with zero attached hydrogens (tertiary/aromatic N) is 4. The zero-order chi connectivity index (χ0) is 23.4. The Balaban J connectivity index is 1.74. The number of carbonyl (C=O) groups excluding carboxylic acids is 2. The number of benzene rings is 1. The molecule has 0 fully saturated rings. The molecule has 0 saturated carbocycles. The van der Waals surface area contributed by atoms with Crippen molar-refractivity contribution < 1.29 is 23.8 Å². The SMILES string of the molecule is COc1cc2cc(c1OC)OCCCC(=O)N(C)CCNc1ncnc3c1C(C=N2)C(=O)N3. The molecule has 2 N–H and O–H groups in total. The summed E-state index contributed by atoms with van der Waals surface area (Å²) in [5, 5.41) is 5.99. The molecule has 2 aliphatic heterocycles. The number of nitrogens with one attached hydrogen (secondary N) is 2. The van der Waals surface area contributed by atoms with Crippen molar-refractivity contribution in [2.75, 3.05) is 51.6 Å². The zero-order valence-corrected chi connectivity index (χ0v) is 18.8. The van der Waals surface area contributed by atoms with Crippen LogP contribution in [0.3, 0.4) is 0 Å². The van der Waals surface area contributed by atoms with Gasteiger partial charge in [-0.2, -0.15) is 0 Å². The summed E-state index contributed by atoms with van der Waals surface area (Å²) in [5.74, 6) is 1.35. The van der Waals surface area contributed by atoms with Crippen LogP contribution in [-0.4, -0.2) is 73.9 Å². The van der Waals surface area contributed by atoms with Crippen LogP contribution < -0.4 is 24.8 Å². The first-order valence-corrected chi connectivity index (χ1v) is 10.6. The number of aromatic nitrogens is 2. The fraction of sp³-hybridized carbons (Fsp3) is 0.409. The van der Waals surface area contributed by atoms with Gasteiger partial charge in [-0.05, 0) is 6.42 Å². The number of aliphatic imine (C=N–C) groups is 1. The maximum atomic E-state index is 12.7. The third kappa shape index (κ3) is 4.66. The molecule has 11 nitrogen and oxygen atoms in total. The molecular formula is C22H26N6O5. The van der Waals surface area contributed by atoms with E-state index in [1.807, 2.05) is 0 Å². The fourth-order valence-corrected chi connectivity index (χ4v) is 3.72. The van der Waals surface area contributed by atoms with Crippen molar-refractivity contribution in [3.63, 3.8) is 0 Å². The molecule has 4 rings (SSSR count). The highest BCUT2D eigenvalue weighted by Gasteiger charge is 2.34. The van der Waals surface area contributed by atoms with Gasteiger partial charge >= 0.3 is 0 Å². The monoisotopic (exact) mass is 454 g/mol. The van der Waals surface area contributed by atoms with Crippen LogP contribution in [0.4, 0.5) is 17.3 Å². The molecule has 0 aliphatic carbocycles. The normalized spacial score (nSPS) is 18.5. The number of carbonyl (C=O) groups is 2. The topological polar surface area (TPSA) is 127 Å². The third-order valence-electron chi connectivity index (χ3n) is 5.48. The summed E-state index contributed by atoms with van der Waals surface area (Å²) in [6.07, 6.45) is 3.82. The van der Waals surface area contributed by atoms with Crippen molar-refractivity contribution in [2.24, 2.45) is 4.99 Å². The van der Waals surface area contributed by atoms with Gasteiger partial charge in [0.05, 0.1) is 32.1 Å². The molecule has 11 heteroatoms. The molecule has 174 valence electrons. The summed E-state index contributed by atoms with van der Waals surface area (Å²) in [5.41, 5.74) is 1.14. The lowest BCUT2D eigenvalue weighted by Gasteiger charge is -2.18. The van der Waals surface area contributed by atoms with E-state index in [9.17, 15) is 9.59 Å². The molecule has 1 atom stereocenters. The van der Waals surface area contributed by atoms with E-state index in [0.29, 0.717) is 72.7 Å². The molecule has 33 heavy (non-hydrogen) atoms. The second kappa shape index (κ2) is 9.72. The van der Waals surface area contributed by atoms with Crippen molar-refractivity contribution in [1.29, 1.82) is 0 Å². The largest absolute Gasteiger partial charge is 0.493 e. The highest BCUT2D eigenvalue weighted by atomic mass is 16.5. The maximum Gasteiger partial charge on any atom is 0.238 e. The molecule has 1 aromatic carbocycles. The van der Waals surface area contributed by atoms with Gasteiger partial charge in [0.2, 0.25) is 17.6 Å². The second-order valence-electron chi connectivity index (χ2n) is 7.60. The number of anilines is 2. The maximum absolute atomic E-state index is 12.7. The van der Waals surface area contributed by atoms with Crippen LogP contribution in [0.1, 0.15) is 24.3 Å². The highest BCUT2D eigenvalue weighted by Crippen LogP contribution is 2.42. The summed E-state index contributed by atoms with van der Waals surface area (Å²) in [4.78, 5) is 39.8. The standard InChI is InChI=1S/C22H26N6O5/c1-28-7-6-23-20-18-14(22(30)27-21(18)26-12-25-20)11-24-13-9-15(31-2)19(32-3)16(10-13)33-8-4-5-17(28)29/h9-12,14H,4-8H2,1-3H3,(H2,23,25,26,27,30). The molecule has 0 radical (unpaired) electrons. The van der Waals surface area contributed by atoms with Crippen molar-refractivity contribution in [2.45, 2.75) is 18.8 Å². The molecule has 0 spiro atoms. The van der Waals surface area contributed by atoms with Crippen LogP contribution in [0.5, 0.6) is 17.2 Å². The lowest BCUT2D eigenvalue weighted by atomic mass is 10.0. The van der Waals surface area contributed by atoms with Crippen molar-refractivity contribution in [3.8, 4) is 17.2 Å². The van der Waals surface area contributed by atoms with Gasteiger partial charge in [-0.25, -0.2) is 9.97 Å². The summed E-state index contributed by atoms with van der Waals surface area (Å²) in [6.45, 7) is 1.26. The number of amides is 2. The van der Waals surface area contributed by atoms with E-state index in [1.54, 1.807) is 30.3 Å². The average molecular weight is 454 g/mol. The Morgan fingerprint density at radius 3 is 2.76 bits per heavy atom. The van der Waals surface area contributed by atoms with Gasteiger partial charge in [-0.3, -0.25) is 14.6 Å². The second-order valence-corrected chi connectivity index (χ2v) is 7.60. The number of rotatable bonds is 2. The number of hydrogen-bond acceptors (Lipinski definition) is 9. The molecule has 0 saturated heterocycles. The Labute approximate surface area is 191 Å². The van der Waals surface area contributed by atoms with E-state index in [2.05, 4.69) is 25.6 Å². The highest BCUT2D eigenvalue weighted by molar-refractivity contribution is 6.13.